The highest BCUT2D eigenvalue weighted by molar-refractivity contribution is 5.77. The summed E-state index contributed by atoms with van der Waals surface area (Å²) in [5.41, 5.74) is 8.53. The summed E-state index contributed by atoms with van der Waals surface area (Å²) in [7, 11) is 0. The van der Waals surface area contributed by atoms with Crippen molar-refractivity contribution < 1.29 is 9.53 Å². The van der Waals surface area contributed by atoms with Gasteiger partial charge in [-0.15, -0.1) is 0 Å². The van der Waals surface area contributed by atoms with Crippen LogP contribution in [0.3, 0.4) is 0 Å². The van der Waals surface area contributed by atoms with Gasteiger partial charge in [0.2, 0.25) is 0 Å². The number of hydrazine groups is 1. The highest BCUT2D eigenvalue weighted by Crippen LogP contribution is 2.20. The fraction of sp³-hybridized carbons (Fsp3) is 0.278. The van der Waals surface area contributed by atoms with E-state index in [9.17, 15) is 4.79 Å². The van der Waals surface area contributed by atoms with E-state index in [0.29, 0.717) is 0 Å². The number of amides is 1. The van der Waals surface area contributed by atoms with Gasteiger partial charge in [0.25, 0.3) is 5.91 Å². The number of rotatable bonds is 5. The largest absolute Gasteiger partial charge is 0.484 e. The maximum absolute atomic E-state index is 12.0. The number of carbonyl (C=O) groups is 1. The summed E-state index contributed by atoms with van der Waals surface area (Å²) in [4.78, 5) is 12.0. The highest BCUT2D eigenvalue weighted by Gasteiger charge is 2.25. The van der Waals surface area contributed by atoms with Crippen LogP contribution >= 0.6 is 0 Å². The topological polar surface area (TPSA) is 62.4 Å². The van der Waals surface area contributed by atoms with E-state index in [0.717, 1.165) is 17.7 Å². The third-order valence-corrected chi connectivity index (χ3v) is 3.89. The minimum atomic E-state index is -0.138. The molecule has 1 fully saturated rings. The fourth-order valence-corrected chi connectivity index (χ4v) is 2.65. The molecule has 1 heterocycles. The van der Waals surface area contributed by atoms with Crippen LogP contribution in [-0.4, -0.2) is 18.7 Å². The van der Waals surface area contributed by atoms with E-state index in [1.165, 1.54) is 5.56 Å². The quantitative estimate of drug-likeness (QED) is 0.791. The molecule has 0 aromatic heterocycles. The Kier molecular flexibility index (Phi) is 4.90. The molecule has 5 heteroatoms. The smallest absolute Gasteiger partial charge is 0.259 e. The van der Waals surface area contributed by atoms with Crippen molar-refractivity contribution in [2.45, 2.75) is 25.6 Å². The predicted octanol–water partition coefficient (Wildman–Crippen LogP) is 2.06. The lowest BCUT2D eigenvalue weighted by atomic mass is 10.0. The molecule has 3 N–H and O–H groups in total. The average Bonchev–Trinajstić information content (AvgIpc) is 3.03. The average molecular weight is 311 g/mol. The molecule has 1 amide bonds. The second-order valence-corrected chi connectivity index (χ2v) is 5.66. The molecule has 2 atom stereocenters. The Hall–Kier alpha value is -2.37. The van der Waals surface area contributed by atoms with Gasteiger partial charge in [-0.25, -0.2) is 10.9 Å². The zero-order valence-electron chi connectivity index (χ0n) is 13.1. The van der Waals surface area contributed by atoms with Gasteiger partial charge < -0.3 is 10.1 Å². The molecule has 2 unspecified atom stereocenters. The minimum absolute atomic E-state index is 0.0129. The van der Waals surface area contributed by atoms with E-state index >= 15 is 0 Å². The Morgan fingerprint density at radius 2 is 1.87 bits per heavy atom. The molecule has 23 heavy (non-hydrogen) atoms. The molecule has 1 saturated heterocycles. The Morgan fingerprint density at radius 1 is 1.13 bits per heavy atom. The number of hydrogen-bond donors (Lipinski definition) is 3. The predicted molar refractivity (Wildman–Crippen MR) is 88.7 cm³/mol. The molecule has 0 spiro atoms. The summed E-state index contributed by atoms with van der Waals surface area (Å²) in [6.07, 6.45) is 0.688. The van der Waals surface area contributed by atoms with Crippen molar-refractivity contribution in [2.24, 2.45) is 0 Å². The van der Waals surface area contributed by atoms with E-state index in [2.05, 4.69) is 28.3 Å². The van der Waals surface area contributed by atoms with Crippen molar-refractivity contribution in [3.05, 3.63) is 65.7 Å². The normalized spacial score (nSPS) is 20.2. The van der Waals surface area contributed by atoms with E-state index in [1.807, 2.05) is 49.4 Å². The maximum atomic E-state index is 12.0. The minimum Gasteiger partial charge on any atom is -0.484 e. The Bertz CT molecular complexity index is 660. The summed E-state index contributed by atoms with van der Waals surface area (Å²) in [5, 5.41) is 2.93. The Labute approximate surface area is 136 Å². The first-order valence-corrected chi connectivity index (χ1v) is 7.76. The van der Waals surface area contributed by atoms with Crippen molar-refractivity contribution in [3.8, 4) is 5.75 Å². The van der Waals surface area contributed by atoms with Crippen molar-refractivity contribution in [1.82, 2.24) is 16.2 Å². The highest BCUT2D eigenvalue weighted by atomic mass is 16.5. The molecule has 5 nitrogen and oxygen atoms in total. The van der Waals surface area contributed by atoms with Crippen LogP contribution in [-0.2, 0) is 4.79 Å². The third-order valence-electron chi connectivity index (χ3n) is 3.89. The van der Waals surface area contributed by atoms with Gasteiger partial charge in [-0.1, -0.05) is 48.5 Å². The molecule has 2 aromatic rings. The molecule has 2 aromatic carbocycles. The molecular weight excluding hydrogens is 290 g/mol. The lowest BCUT2D eigenvalue weighted by molar-refractivity contribution is -0.123. The van der Waals surface area contributed by atoms with Gasteiger partial charge in [-0.05, 0) is 24.1 Å². The van der Waals surface area contributed by atoms with Gasteiger partial charge in [0, 0.05) is 12.5 Å². The first-order valence-electron chi connectivity index (χ1n) is 7.76. The van der Waals surface area contributed by atoms with Crippen LogP contribution in [0.15, 0.2) is 54.6 Å². The number of hydrogen-bond acceptors (Lipinski definition) is 4. The number of benzene rings is 2. The second kappa shape index (κ2) is 7.26. The zero-order chi connectivity index (χ0) is 16.1. The first-order chi connectivity index (χ1) is 11.2. The molecule has 0 radical (unpaired) electrons. The summed E-state index contributed by atoms with van der Waals surface area (Å²) in [5.74, 6) is 0.601. The van der Waals surface area contributed by atoms with Crippen LogP contribution < -0.4 is 20.9 Å². The van der Waals surface area contributed by atoms with E-state index in [-0.39, 0.29) is 24.7 Å². The fourth-order valence-electron chi connectivity index (χ4n) is 2.65. The van der Waals surface area contributed by atoms with Crippen LogP contribution in [0.1, 0.15) is 23.6 Å². The van der Waals surface area contributed by atoms with Crippen molar-refractivity contribution in [1.29, 1.82) is 0 Å². The van der Waals surface area contributed by atoms with Crippen molar-refractivity contribution in [2.75, 3.05) is 6.61 Å². The number of ether oxygens (including phenoxy) is 1. The summed E-state index contributed by atoms with van der Waals surface area (Å²) < 4.78 is 5.56. The Morgan fingerprint density at radius 3 is 2.65 bits per heavy atom. The van der Waals surface area contributed by atoms with Gasteiger partial charge in [0.05, 0.1) is 6.17 Å². The van der Waals surface area contributed by atoms with Gasteiger partial charge in [0.15, 0.2) is 6.61 Å². The van der Waals surface area contributed by atoms with Crippen molar-refractivity contribution >= 4 is 5.91 Å². The van der Waals surface area contributed by atoms with Gasteiger partial charge in [-0.2, -0.15) is 0 Å². The molecule has 0 aliphatic carbocycles. The number of carbonyl (C=O) groups excluding carboxylic acids is 1. The molecule has 0 saturated carbocycles. The van der Waals surface area contributed by atoms with Crippen LogP contribution in [0.2, 0.25) is 0 Å². The van der Waals surface area contributed by atoms with Crippen LogP contribution in [0.5, 0.6) is 5.75 Å². The Balaban J connectivity index is 1.47. The summed E-state index contributed by atoms with van der Waals surface area (Å²) in [6, 6.07) is 18.0. The summed E-state index contributed by atoms with van der Waals surface area (Å²) in [6.45, 7) is 1.97. The van der Waals surface area contributed by atoms with Crippen molar-refractivity contribution in [3.63, 3.8) is 0 Å². The SMILES string of the molecule is Cc1ccccc1OCC(=O)NC1CC(c2ccccc2)NN1. The van der Waals surface area contributed by atoms with E-state index < -0.39 is 0 Å². The number of aryl methyl sites for hydroxylation is 1. The number of nitrogens with one attached hydrogen (secondary N) is 3. The third kappa shape index (κ3) is 4.09. The van der Waals surface area contributed by atoms with Crippen LogP contribution in [0.25, 0.3) is 0 Å². The van der Waals surface area contributed by atoms with Gasteiger partial charge in [0.1, 0.15) is 5.75 Å². The van der Waals surface area contributed by atoms with Gasteiger partial charge >= 0.3 is 0 Å². The zero-order valence-corrected chi connectivity index (χ0v) is 13.1. The molecular formula is C18H21N3O2. The monoisotopic (exact) mass is 311 g/mol. The molecule has 1 aliphatic heterocycles. The lowest BCUT2D eigenvalue weighted by Crippen LogP contribution is -2.45. The molecule has 0 bridgehead atoms. The second-order valence-electron chi connectivity index (χ2n) is 5.66. The maximum Gasteiger partial charge on any atom is 0.259 e. The molecule has 3 rings (SSSR count). The molecule has 1 aliphatic rings. The molecule has 120 valence electrons. The summed E-state index contributed by atoms with van der Waals surface area (Å²) >= 11 is 0. The standard InChI is InChI=1S/C18H21N3O2/c1-13-7-5-6-10-16(13)23-12-18(22)19-17-11-15(20-21-17)14-8-3-2-4-9-14/h2-10,15,17,20-21H,11-12H2,1H3,(H,19,22). The van der Waals surface area contributed by atoms with Crippen LogP contribution in [0.4, 0.5) is 0 Å². The lowest BCUT2D eigenvalue weighted by Gasteiger charge is -2.13. The van der Waals surface area contributed by atoms with E-state index in [4.69, 9.17) is 4.74 Å². The van der Waals surface area contributed by atoms with Crippen LogP contribution in [0, 0.1) is 6.92 Å². The first kappa shape index (κ1) is 15.5. The van der Waals surface area contributed by atoms with Gasteiger partial charge in [-0.3, -0.25) is 4.79 Å². The number of para-hydroxylation sites is 1. The van der Waals surface area contributed by atoms with E-state index in [1.54, 1.807) is 0 Å².